The Bertz CT molecular complexity index is 1380. The summed E-state index contributed by atoms with van der Waals surface area (Å²) in [6, 6.07) is 12.8. The molecule has 9 heteroatoms. The van der Waals surface area contributed by atoms with Crippen molar-refractivity contribution in [1.82, 2.24) is 4.98 Å². The molecule has 1 amide bonds. The number of anilines is 1. The zero-order chi connectivity index (χ0) is 24.2. The third kappa shape index (κ3) is 4.46. The molecule has 0 fully saturated rings. The average molecular weight is 478 g/mol. The van der Waals surface area contributed by atoms with Crippen LogP contribution in [0.25, 0.3) is 21.6 Å². The zero-order valence-corrected chi connectivity index (χ0v) is 18.5. The van der Waals surface area contributed by atoms with E-state index in [1.807, 2.05) is 6.07 Å². The number of methoxy groups -OCH3 is 1. The number of aldehydes is 1. The SMILES string of the molecule is COC(=O)c1cc(NC(=O)c2c(F)cccc2F)ccc1-c1cc(-c2cccnc2)sc1C=O. The fraction of sp³-hybridized carbons (Fsp3) is 0.0400. The van der Waals surface area contributed by atoms with Crippen LogP contribution in [0.3, 0.4) is 0 Å². The van der Waals surface area contributed by atoms with E-state index in [1.54, 1.807) is 24.5 Å². The molecule has 0 spiro atoms. The second-order valence-electron chi connectivity index (χ2n) is 7.05. The third-order valence-corrected chi connectivity index (χ3v) is 6.09. The maximum absolute atomic E-state index is 14.0. The molecule has 4 aromatic rings. The Kier molecular flexibility index (Phi) is 6.55. The quantitative estimate of drug-likeness (QED) is 0.288. The van der Waals surface area contributed by atoms with Crippen LogP contribution >= 0.6 is 11.3 Å². The van der Waals surface area contributed by atoms with Crippen molar-refractivity contribution in [2.75, 3.05) is 12.4 Å². The number of ether oxygens (including phenoxy) is 1. The molecular weight excluding hydrogens is 462 g/mol. The van der Waals surface area contributed by atoms with Crippen molar-refractivity contribution in [2.45, 2.75) is 0 Å². The van der Waals surface area contributed by atoms with E-state index in [4.69, 9.17) is 4.74 Å². The average Bonchev–Trinajstić information content (AvgIpc) is 3.28. The van der Waals surface area contributed by atoms with E-state index in [1.165, 1.54) is 36.6 Å². The van der Waals surface area contributed by atoms with Crippen molar-refractivity contribution in [3.63, 3.8) is 0 Å². The molecule has 34 heavy (non-hydrogen) atoms. The number of carbonyl (C=O) groups is 3. The molecule has 2 aromatic heterocycles. The first-order valence-corrected chi connectivity index (χ1v) is 10.7. The van der Waals surface area contributed by atoms with Crippen LogP contribution in [0.4, 0.5) is 14.5 Å². The van der Waals surface area contributed by atoms with E-state index in [0.717, 1.165) is 28.6 Å². The predicted molar refractivity (Wildman–Crippen MR) is 124 cm³/mol. The minimum atomic E-state index is -1.01. The standard InChI is InChI=1S/C25H16F2N2O4S/c1-33-25(32)18-10-15(29-24(31)23-19(26)5-2-6-20(23)27)7-8-16(18)17-11-21(34-22(17)13-30)14-4-3-9-28-12-14/h2-13H,1H3,(H,29,31). The number of nitrogens with one attached hydrogen (secondary N) is 1. The number of hydrogen-bond acceptors (Lipinski definition) is 6. The van der Waals surface area contributed by atoms with Gasteiger partial charge in [-0.3, -0.25) is 14.6 Å². The van der Waals surface area contributed by atoms with Crippen LogP contribution in [0.15, 0.2) is 67.0 Å². The lowest BCUT2D eigenvalue weighted by Crippen LogP contribution is -2.16. The second-order valence-corrected chi connectivity index (χ2v) is 8.13. The minimum Gasteiger partial charge on any atom is -0.465 e. The van der Waals surface area contributed by atoms with E-state index in [9.17, 15) is 23.2 Å². The third-order valence-electron chi connectivity index (χ3n) is 4.98. The number of hydrogen-bond donors (Lipinski definition) is 1. The number of thiophene rings is 1. The Morgan fingerprint density at radius 1 is 1.03 bits per heavy atom. The molecule has 0 bridgehead atoms. The first-order chi connectivity index (χ1) is 16.4. The normalized spacial score (nSPS) is 10.6. The Labute approximate surface area is 196 Å². The first kappa shape index (κ1) is 22.9. The van der Waals surface area contributed by atoms with Gasteiger partial charge in [-0.25, -0.2) is 13.6 Å². The van der Waals surface area contributed by atoms with Crippen LogP contribution in [-0.2, 0) is 4.74 Å². The largest absolute Gasteiger partial charge is 0.465 e. The van der Waals surface area contributed by atoms with E-state index in [-0.39, 0.29) is 11.3 Å². The number of amides is 1. The topological polar surface area (TPSA) is 85.4 Å². The van der Waals surface area contributed by atoms with Crippen LogP contribution in [0.1, 0.15) is 30.4 Å². The highest BCUT2D eigenvalue weighted by molar-refractivity contribution is 7.17. The van der Waals surface area contributed by atoms with Gasteiger partial charge in [0.05, 0.1) is 17.6 Å². The molecule has 6 nitrogen and oxygen atoms in total. The fourth-order valence-corrected chi connectivity index (χ4v) is 4.38. The number of esters is 1. The van der Waals surface area contributed by atoms with Gasteiger partial charge >= 0.3 is 5.97 Å². The van der Waals surface area contributed by atoms with Gasteiger partial charge in [-0.15, -0.1) is 11.3 Å². The molecule has 0 aliphatic heterocycles. The number of pyridine rings is 1. The summed E-state index contributed by atoms with van der Waals surface area (Å²) in [6.45, 7) is 0. The van der Waals surface area contributed by atoms with Crippen molar-refractivity contribution < 1.29 is 27.9 Å². The van der Waals surface area contributed by atoms with Crippen LogP contribution < -0.4 is 5.32 Å². The molecule has 0 saturated carbocycles. The number of carbonyl (C=O) groups excluding carboxylic acids is 3. The maximum Gasteiger partial charge on any atom is 0.338 e. The van der Waals surface area contributed by atoms with E-state index in [0.29, 0.717) is 22.3 Å². The van der Waals surface area contributed by atoms with E-state index >= 15 is 0 Å². The molecule has 4 rings (SSSR count). The summed E-state index contributed by atoms with van der Waals surface area (Å²) >= 11 is 1.24. The van der Waals surface area contributed by atoms with Crippen molar-refractivity contribution in [3.8, 4) is 21.6 Å². The number of halogens is 2. The van der Waals surface area contributed by atoms with E-state index < -0.39 is 29.1 Å². The Morgan fingerprint density at radius 3 is 2.44 bits per heavy atom. The summed E-state index contributed by atoms with van der Waals surface area (Å²) in [5, 5.41) is 2.40. The smallest absolute Gasteiger partial charge is 0.338 e. The molecule has 1 N–H and O–H groups in total. The second kappa shape index (κ2) is 9.72. The lowest BCUT2D eigenvalue weighted by Gasteiger charge is -2.12. The number of aromatic nitrogens is 1. The summed E-state index contributed by atoms with van der Waals surface area (Å²) in [7, 11) is 1.20. The predicted octanol–water partition coefficient (Wildman–Crippen LogP) is 5.61. The van der Waals surface area contributed by atoms with Gasteiger partial charge in [-0.2, -0.15) is 0 Å². The lowest BCUT2D eigenvalue weighted by atomic mass is 9.98. The van der Waals surface area contributed by atoms with Crippen LogP contribution in [-0.4, -0.2) is 30.3 Å². The molecule has 2 aromatic carbocycles. The molecule has 0 aliphatic carbocycles. The zero-order valence-electron chi connectivity index (χ0n) is 17.7. The van der Waals surface area contributed by atoms with Gasteiger partial charge in [0.15, 0.2) is 6.29 Å². The number of rotatable bonds is 6. The molecule has 170 valence electrons. The Morgan fingerprint density at radius 2 is 1.79 bits per heavy atom. The van der Waals surface area contributed by atoms with Crippen LogP contribution in [0, 0.1) is 11.6 Å². The summed E-state index contributed by atoms with van der Waals surface area (Å²) in [5.41, 5.74) is 1.14. The van der Waals surface area contributed by atoms with Gasteiger partial charge in [0.1, 0.15) is 17.2 Å². The Hall–Kier alpha value is -4.24. The number of benzene rings is 2. The minimum absolute atomic E-state index is 0.0629. The summed E-state index contributed by atoms with van der Waals surface area (Å²) in [6.07, 6.45) is 3.98. The summed E-state index contributed by atoms with van der Waals surface area (Å²) in [5.74, 6) is -3.76. The molecule has 0 radical (unpaired) electrons. The fourth-order valence-electron chi connectivity index (χ4n) is 3.40. The molecule has 0 saturated heterocycles. The Balaban J connectivity index is 1.75. The summed E-state index contributed by atoms with van der Waals surface area (Å²) in [4.78, 5) is 42.0. The van der Waals surface area contributed by atoms with Gasteiger partial charge in [0, 0.05) is 34.1 Å². The lowest BCUT2D eigenvalue weighted by molar-refractivity contribution is 0.0601. The van der Waals surface area contributed by atoms with Crippen molar-refractivity contribution in [3.05, 3.63) is 94.6 Å². The summed E-state index contributed by atoms with van der Waals surface area (Å²) < 4.78 is 32.8. The first-order valence-electron chi connectivity index (χ1n) is 9.90. The van der Waals surface area contributed by atoms with E-state index in [2.05, 4.69) is 10.3 Å². The van der Waals surface area contributed by atoms with Gasteiger partial charge in [0.2, 0.25) is 0 Å². The molecule has 0 aliphatic rings. The molecular formula is C25H16F2N2O4S. The van der Waals surface area contributed by atoms with Gasteiger partial charge < -0.3 is 10.1 Å². The van der Waals surface area contributed by atoms with Gasteiger partial charge in [-0.1, -0.05) is 18.2 Å². The van der Waals surface area contributed by atoms with Gasteiger partial charge in [-0.05, 0) is 42.0 Å². The number of nitrogens with zero attached hydrogens (tertiary/aromatic N) is 1. The van der Waals surface area contributed by atoms with Crippen molar-refractivity contribution >= 4 is 35.2 Å². The highest BCUT2D eigenvalue weighted by atomic mass is 32.1. The molecule has 2 heterocycles. The van der Waals surface area contributed by atoms with Crippen molar-refractivity contribution in [1.29, 1.82) is 0 Å². The molecule has 0 atom stereocenters. The van der Waals surface area contributed by atoms with Crippen molar-refractivity contribution in [2.24, 2.45) is 0 Å². The van der Waals surface area contributed by atoms with Crippen LogP contribution in [0.5, 0.6) is 0 Å². The van der Waals surface area contributed by atoms with Crippen LogP contribution in [0.2, 0.25) is 0 Å². The monoisotopic (exact) mass is 478 g/mol. The highest BCUT2D eigenvalue weighted by Gasteiger charge is 2.22. The molecule has 0 unspecified atom stereocenters. The highest BCUT2D eigenvalue weighted by Crippen LogP contribution is 2.38. The maximum atomic E-state index is 14.0. The van der Waals surface area contributed by atoms with Gasteiger partial charge in [0.25, 0.3) is 5.91 Å².